The summed E-state index contributed by atoms with van der Waals surface area (Å²) < 4.78 is 9.82. The quantitative estimate of drug-likeness (QED) is 0.404. The molecule has 0 fully saturated rings. The molecule has 5 nitrogen and oxygen atoms in total. The van der Waals surface area contributed by atoms with Crippen molar-refractivity contribution in [3.05, 3.63) is 0 Å². The predicted molar refractivity (Wildman–Crippen MR) is 28.7 cm³/mol. The lowest BCUT2D eigenvalue weighted by molar-refractivity contribution is -0.147. The number of Topliss-reactive ketones (excluding diaryl/α,β-unsaturated/α-hetero) is 1. The first-order valence-corrected chi connectivity index (χ1v) is 3.58. The number of hydrogen-bond donors (Lipinski definition) is 2. The number of ketones is 1. The van der Waals surface area contributed by atoms with E-state index in [1.807, 2.05) is 0 Å². The Kier molecular flexibility index (Phi) is 3.12. The van der Waals surface area contributed by atoms with E-state index in [2.05, 4.69) is 0 Å². The lowest BCUT2D eigenvalue weighted by atomic mass is 10.5. The third-order valence-corrected chi connectivity index (χ3v) is 1.17. The Bertz CT molecular complexity index is 162. The molecule has 0 radical (unpaired) electrons. The van der Waals surface area contributed by atoms with Gasteiger partial charge in [0.2, 0.25) is 5.78 Å². The molecule has 0 aliphatic carbocycles. The van der Waals surface area contributed by atoms with Crippen molar-refractivity contribution in [2.45, 2.75) is 0 Å². The summed E-state index contributed by atoms with van der Waals surface area (Å²) in [5, 5.41) is 7.85. The van der Waals surface area contributed by atoms with Gasteiger partial charge < -0.3 is 10.00 Å². The van der Waals surface area contributed by atoms with E-state index in [1.54, 1.807) is 0 Å². The van der Waals surface area contributed by atoms with E-state index >= 15 is 0 Å². The Balaban J connectivity index is 3.79. The second-order valence-corrected chi connectivity index (χ2v) is 2.44. The van der Waals surface area contributed by atoms with Crippen LogP contribution in [0.3, 0.4) is 0 Å². The number of carbonyl (C=O) groups excluding carboxylic acids is 1. The maximum absolute atomic E-state index is 10.0. The van der Waals surface area contributed by atoms with Crippen molar-refractivity contribution in [3.63, 3.8) is 0 Å². The van der Waals surface area contributed by atoms with Crippen LogP contribution >= 0.6 is 8.03 Å². The molecule has 0 aromatic carbocycles. The summed E-state index contributed by atoms with van der Waals surface area (Å²) in [4.78, 5) is 27.7. The van der Waals surface area contributed by atoms with Gasteiger partial charge >= 0.3 is 5.97 Å². The monoisotopic (exact) mass is 152 g/mol. The van der Waals surface area contributed by atoms with Gasteiger partial charge in [0.05, 0.1) is 6.16 Å². The van der Waals surface area contributed by atoms with Gasteiger partial charge in [0.25, 0.3) is 0 Å². The van der Waals surface area contributed by atoms with Crippen LogP contribution in [0.5, 0.6) is 0 Å². The maximum atomic E-state index is 10.0. The molecule has 9 heavy (non-hydrogen) atoms. The van der Waals surface area contributed by atoms with Crippen molar-refractivity contribution in [3.8, 4) is 0 Å². The molecule has 0 amide bonds. The second kappa shape index (κ2) is 3.37. The lowest BCUT2D eigenvalue weighted by Crippen LogP contribution is -2.14. The van der Waals surface area contributed by atoms with E-state index in [0.29, 0.717) is 0 Å². The fraction of sp³-hybridized carbons (Fsp3) is 0.333. The highest BCUT2D eigenvalue weighted by Gasteiger charge is 2.12. The molecule has 0 saturated carbocycles. The summed E-state index contributed by atoms with van der Waals surface area (Å²) >= 11 is 0. The molecule has 6 heteroatoms. The molecular formula is C3H5O5P. The predicted octanol–water partition coefficient (Wildman–Crippen LogP) is -0.893. The first-order valence-electron chi connectivity index (χ1n) is 2.02. The Hall–Kier alpha value is -0.670. The first-order chi connectivity index (χ1) is 4.04. The SMILES string of the molecule is O=C(O)C(=O)C[PH](=O)O. The zero-order valence-electron chi connectivity index (χ0n) is 4.33. The molecule has 52 valence electrons. The molecule has 1 unspecified atom stereocenters. The molecule has 1 atom stereocenters. The Morgan fingerprint density at radius 3 is 2.00 bits per heavy atom. The van der Waals surface area contributed by atoms with Crippen molar-refractivity contribution in [2.75, 3.05) is 6.16 Å². The molecule has 0 aliphatic rings. The summed E-state index contributed by atoms with van der Waals surface area (Å²) in [6.07, 6.45) is -0.764. The Morgan fingerprint density at radius 2 is 1.89 bits per heavy atom. The van der Waals surface area contributed by atoms with Gasteiger partial charge in [-0.3, -0.25) is 9.36 Å². The van der Waals surface area contributed by atoms with Gasteiger partial charge in [-0.05, 0) is 0 Å². The summed E-state index contributed by atoms with van der Waals surface area (Å²) in [5.74, 6) is -2.89. The highest BCUT2D eigenvalue weighted by Crippen LogP contribution is 2.10. The Labute approximate surface area is 51.2 Å². The topological polar surface area (TPSA) is 91.7 Å². The van der Waals surface area contributed by atoms with E-state index in [1.165, 1.54) is 0 Å². The van der Waals surface area contributed by atoms with Crippen molar-refractivity contribution in [1.29, 1.82) is 0 Å². The summed E-state index contributed by atoms with van der Waals surface area (Å²) in [5.41, 5.74) is 0. The Morgan fingerprint density at radius 1 is 1.44 bits per heavy atom. The minimum absolute atomic E-state index is 0.764. The standard InChI is InChI=1S/C3H5O5P/c4-2(3(5)6)1-9(7)8/h9H,1H2,(H,5,6)(H,7,8). The molecule has 0 aromatic rings. The maximum Gasteiger partial charge on any atom is 0.372 e. The van der Waals surface area contributed by atoms with E-state index in [4.69, 9.17) is 10.00 Å². The number of carboxylic acids is 1. The van der Waals surface area contributed by atoms with Crippen LogP contribution in [0.1, 0.15) is 0 Å². The zero-order chi connectivity index (χ0) is 7.44. The van der Waals surface area contributed by atoms with Gasteiger partial charge in [0.1, 0.15) is 0 Å². The molecule has 0 heterocycles. The number of rotatable bonds is 3. The minimum Gasteiger partial charge on any atom is -0.475 e. The fourth-order valence-electron chi connectivity index (χ4n) is 0.213. The molecule has 0 saturated heterocycles. The largest absolute Gasteiger partial charge is 0.475 e. The molecule has 2 N–H and O–H groups in total. The average molecular weight is 152 g/mol. The van der Waals surface area contributed by atoms with Crippen LogP contribution in [0, 0.1) is 0 Å². The minimum atomic E-state index is -2.96. The normalized spacial score (nSPS) is 12.6. The van der Waals surface area contributed by atoms with E-state index in [0.717, 1.165) is 0 Å². The third-order valence-electron chi connectivity index (χ3n) is 0.550. The zero-order valence-corrected chi connectivity index (χ0v) is 5.33. The smallest absolute Gasteiger partial charge is 0.372 e. The van der Waals surface area contributed by atoms with Crippen molar-refractivity contribution >= 4 is 19.8 Å². The number of carbonyl (C=O) groups is 2. The molecule has 0 aliphatic heterocycles. The van der Waals surface area contributed by atoms with E-state index in [-0.39, 0.29) is 0 Å². The number of carboxylic acid groups (broad SMARTS) is 1. The van der Waals surface area contributed by atoms with Gasteiger partial charge in [-0.15, -0.1) is 0 Å². The van der Waals surface area contributed by atoms with E-state index in [9.17, 15) is 14.2 Å². The number of aliphatic carboxylic acids is 1. The van der Waals surface area contributed by atoms with E-state index < -0.39 is 25.9 Å². The van der Waals surface area contributed by atoms with Gasteiger partial charge in [-0.25, -0.2) is 4.79 Å². The molecule has 0 rings (SSSR count). The second-order valence-electron chi connectivity index (χ2n) is 1.30. The van der Waals surface area contributed by atoms with Gasteiger partial charge in [-0.1, -0.05) is 0 Å². The van der Waals surface area contributed by atoms with Gasteiger partial charge in [-0.2, -0.15) is 0 Å². The lowest BCUT2D eigenvalue weighted by Gasteiger charge is -1.86. The first kappa shape index (κ1) is 8.33. The number of hydrogen-bond acceptors (Lipinski definition) is 3. The van der Waals surface area contributed by atoms with Crippen LogP contribution in [0.2, 0.25) is 0 Å². The highest BCUT2D eigenvalue weighted by atomic mass is 31.1. The molecule has 0 aromatic heterocycles. The highest BCUT2D eigenvalue weighted by molar-refractivity contribution is 7.39. The van der Waals surface area contributed by atoms with Crippen LogP contribution in [0.4, 0.5) is 0 Å². The van der Waals surface area contributed by atoms with Crippen molar-refractivity contribution < 1.29 is 24.2 Å². The summed E-state index contributed by atoms with van der Waals surface area (Å²) in [7, 11) is -2.96. The van der Waals surface area contributed by atoms with Gasteiger partial charge in [0, 0.05) is 0 Å². The van der Waals surface area contributed by atoms with Crippen molar-refractivity contribution in [2.24, 2.45) is 0 Å². The van der Waals surface area contributed by atoms with Crippen LogP contribution in [-0.4, -0.2) is 27.9 Å². The van der Waals surface area contributed by atoms with Crippen LogP contribution in [0.15, 0.2) is 0 Å². The van der Waals surface area contributed by atoms with Crippen LogP contribution in [-0.2, 0) is 14.2 Å². The third kappa shape index (κ3) is 3.88. The van der Waals surface area contributed by atoms with Crippen LogP contribution in [0.25, 0.3) is 0 Å². The molecule has 0 spiro atoms. The molecule has 0 bridgehead atoms. The van der Waals surface area contributed by atoms with Crippen molar-refractivity contribution in [1.82, 2.24) is 0 Å². The fourth-order valence-corrected chi connectivity index (χ4v) is 0.639. The summed E-state index contributed by atoms with van der Waals surface area (Å²) in [6, 6.07) is 0. The molecular weight excluding hydrogens is 147 g/mol. The van der Waals surface area contributed by atoms with Crippen LogP contribution < -0.4 is 0 Å². The average Bonchev–Trinajstić information content (AvgIpc) is 1.63. The van der Waals surface area contributed by atoms with Gasteiger partial charge in [0.15, 0.2) is 8.03 Å². The summed E-state index contributed by atoms with van der Waals surface area (Å²) in [6.45, 7) is 0.